The van der Waals surface area contributed by atoms with Gasteiger partial charge >= 0.3 is 0 Å². The van der Waals surface area contributed by atoms with Crippen molar-refractivity contribution in [2.24, 2.45) is 0 Å². The van der Waals surface area contributed by atoms with Crippen molar-refractivity contribution in [1.29, 1.82) is 0 Å². The summed E-state index contributed by atoms with van der Waals surface area (Å²) >= 11 is 0. The van der Waals surface area contributed by atoms with Gasteiger partial charge in [0, 0.05) is 24.0 Å². The van der Waals surface area contributed by atoms with Crippen molar-refractivity contribution in [2.75, 3.05) is 0 Å². The molecule has 2 heterocycles. The average molecular weight is 228 g/mol. The molecule has 3 rings (SSSR count). The summed E-state index contributed by atoms with van der Waals surface area (Å²) in [6.07, 6.45) is 6.26. The van der Waals surface area contributed by atoms with E-state index in [1.54, 1.807) is 6.20 Å². The molecule has 3 heteroatoms. The van der Waals surface area contributed by atoms with E-state index in [4.69, 9.17) is 4.42 Å². The largest absolute Gasteiger partial charge is 0.460 e. The minimum atomic E-state index is 0.714. The smallest absolute Gasteiger partial charge is 0.134 e. The summed E-state index contributed by atoms with van der Waals surface area (Å²) in [7, 11) is 0. The van der Waals surface area contributed by atoms with Gasteiger partial charge in [0.15, 0.2) is 0 Å². The third-order valence-electron chi connectivity index (χ3n) is 3.09. The highest BCUT2D eigenvalue weighted by Crippen LogP contribution is 2.25. The molecule has 0 amide bonds. The highest BCUT2D eigenvalue weighted by molar-refractivity contribution is 5.60. The number of furan rings is 1. The van der Waals surface area contributed by atoms with Gasteiger partial charge in [0.2, 0.25) is 0 Å². The average Bonchev–Trinajstić information content (AvgIpc) is 3.06. The molecule has 0 unspecified atom stereocenters. The van der Waals surface area contributed by atoms with Gasteiger partial charge in [-0.1, -0.05) is 0 Å². The predicted molar refractivity (Wildman–Crippen MR) is 66.5 cm³/mol. The van der Waals surface area contributed by atoms with Crippen molar-refractivity contribution in [1.82, 2.24) is 10.3 Å². The lowest BCUT2D eigenvalue weighted by Gasteiger charge is -2.01. The van der Waals surface area contributed by atoms with Crippen LogP contribution in [-0.4, -0.2) is 11.0 Å². The van der Waals surface area contributed by atoms with Gasteiger partial charge in [0.05, 0.1) is 6.54 Å². The summed E-state index contributed by atoms with van der Waals surface area (Å²) in [6.45, 7) is 2.88. The molecule has 88 valence electrons. The zero-order valence-corrected chi connectivity index (χ0v) is 9.94. The van der Waals surface area contributed by atoms with E-state index in [-0.39, 0.29) is 0 Å². The van der Waals surface area contributed by atoms with E-state index in [0.717, 1.165) is 29.2 Å². The molecule has 0 aliphatic heterocycles. The fourth-order valence-corrected chi connectivity index (χ4v) is 1.90. The summed E-state index contributed by atoms with van der Waals surface area (Å²) in [4.78, 5) is 4.09. The van der Waals surface area contributed by atoms with Crippen LogP contribution >= 0.6 is 0 Å². The number of hydrogen-bond donors (Lipinski definition) is 1. The van der Waals surface area contributed by atoms with E-state index in [2.05, 4.69) is 10.3 Å². The van der Waals surface area contributed by atoms with Crippen LogP contribution in [0.15, 0.2) is 35.0 Å². The normalized spacial score (nSPS) is 15.1. The standard InChI is InChI=1S/C14H16N2O/c1-10-8-15-7-6-13(10)14-5-4-12(17-14)9-16-11-2-3-11/h4-8,11,16H,2-3,9H2,1H3. The van der Waals surface area contributed by atoms with E-state index < -0.39 is 0 Å². The summed E-state index contributed by atoms with van der Waals surface area (Å²) in [5, 5.41) is 3.45. The molecule has 0 saturated heterocycles. The van der Waals surface area contributed by atoms with Crippen molar-refractivity contribution < 1.29 is 4.42 Å². The first-order valence-corrected chi connectivity index (χ1v) is 6.06. The molecule has 17 heavy (non-hydrogen) atoms. The van der Waals surface area contributed by atoms with Crippen molar-refractivity contribution in [3.05, 3.63) is 41.9 Å². The molecule has 1 N–H and O–H groups in total. The Morgan fingerprint density at radius 3 is 3.00 bits per heavy atom. The molecular formula is C14H16N2O. The summed E-state index contributed by atoms with van der Waals surface area (Å²) in [5.74, 6) is 1.93. The van der Waals surface area contributed by atoms with Crippen LogP contribution in [0.25, 0.3) is 11.3 Å². The Hall–Kier alpha value is -1.61. The number of nitrogens with one attached hydrogen (secondary N) is 1. The number of nitrogens with zero attached hydrogens (tertiary/aromatic N) is 1. The Labute approximate surface area is 101 Å². The second-order valence-corrected chi connectivity index (χ2v) is 4.61. The SMILES string of the molecule is Cc1cnccc1-c1ccc(CNC2CC2)o1. The van der Waals surface area contributed by atoms with Gasteiger partial charge in [0.1, 0.15) is 11.5 Å². The Kier molecular flexibility index (Phi) is 2.69. The number of aromatic nitrogens is 1. The predicted octanol–water partition coefficient (Wildman–Crippen LogP) is 2.90. The third kappa shape index (κ3) is 2.39. The lowest BCUT2D eigenvalue weighted by atomic mass is 10.1. The van der Waals surface area contributed by atoms with E-state index in [1.807, 2.05) is 31.3 Å². The maximum atomic E-state index is 5.84. The van der Waals surface area contributed by atoms with E-state index >= 15 is 0 Å². The van der Waals surface area contributed by atoms with Crippen molar-refractivity contribution in [3.63, 3.8) is 0 Å². The lowest BCUT2D eigenvalue weighted by molar-refractivity contribution is 0.492. The highest BCUT2D eigenvalue weighted by Gasteiger charge is 2.20. The molecule has 0 aromatic carbocycles. The van der Waals surface area contributed by atoms with E-state index in [1.165, 1.54) is 12.8 Å². The molecule has 2 aromatic heterocycles. The topological polar surface area (TPSA) is 38.1 Å². The second kappa shape index (κ2) is 4.34. The number of hydrogen-bond acceptors (Lipinski definition) is 3. The quantitative estimate of drug-likeness (QED) is 0.874. The Bertz CT molecular complexity index is 514. The van der Waals surface area contributed by atoms with Gasteiger partial charge in [-0.3, -0.25) is 4.98 Å². The Morgan fingerprint density at radius 1 is 1.35 bits per heavy atom. The maximum absolute atomic E-state index is 5.84. The first-order chi connectivity index (χ1) is 8.33. The van der Waals surface area contributed by atoms with Crippen LogP contribution in [0.1, 0.15) is 24.2 Å². The first kappa shape index (κ1) is 10.5. The number of aryl methyl sites for hydroxylation is 1. The summed E-state index contributed by atoms with van der Waals surface area (Å²) < 4.78 is 5.84. The lowest BCUT2D eigenvalue weighted by Crippen LogP contribution is -2.14. The van der Waals surface area contributed by atoms with Crippen molar-refractivity contribution in [2.45, 2.75) is 32.4 Å². The van der Waals surface area contributed by atoms with Crippen LogP contribution in [0, 0.1) is 6.92 Å². The molecule has 0 atom stereocenters. The van der Waals surface area contributed by atoms with Gasteiger partial charge in [-0.2, -0.15) is 0 Å². The molecule has 0 radical (unpaired) electrons. The van der Waals surface area contributed by atoms with Crippen LogP contribution in [-0.2, 0) is 6.54 Å². The van der Waals surface area contributed by atoms with Crippen LogP contribution in [0.2, 0.25) is 0 Å². The van der Waals surface area contributed by atoms with Gasteiger partial charge in [0.25, 0.3) is 0 Å². The van der Waals surface area contributed by atoms with E-state index in [9.17, 15) is 0 Å². The highest BCUT2D eigenvalue weighted by atomic mass is 16.3. The fourth-order valence-electron chi connectivity index (χ4n) is 1.90. The van der Waals surface area contributed by atoms with Crippen molar-refractivity contribution >= 4 is 0 Å². The van der Waals surface area contributed by atoms with Gasteiger partial charge in [-0.05, 0) is 43.5 Å². The van der Waals surface area contributed by atoms with Gasteiger partial charge in [-0.15, -0.1) is 0 Å². The fraction of sp³-hybridized carbons (Fsp3) is 0.357. The number of rotatable bonds is 4. The van der Waals surface area contributed by atoms with Crippen molar-refractivity contribution in [3.8, 4) is 11.3 Å². The number of pyridine rings is 1. The van der Waals surface area contributed by atoms with Crippen LogP contribution in [0.4, 0.5) is 0 Å². The van der Waals surface area contributed by atoms with E-state index in [0.29, 0.717) is 6.04 Å². The first-order valence-electron chi connectivity index (χ1n) is 6.06. The molecule has 1 aliphatic rings. The van der Waals surface area contributed by atoms with Gasteiger partial charge in [-0.25, -0.2) is 0 Å². The molecule has 1 fully saturated rings. The minimum absolute atomic E-state index is 0.714. The molecule has 2 aromatic rings. The zero-order valence-electron chi connectivity index (χ0n) is 9.94. The summed E-state index contributed by atoms with van der Waals surface area (Å²) in [5.41, 5.74) is 2.27. The monoisotopic (exact) mass is 228 g/mol. The molecule has 1 saturated carbocycles. The maximum Gasteiger partial charge on any atom is 0.134 e. The molecular weight excluding hydrogens is 212 g/mol. The third-order valence-corrected chi connectivity index (χ3v) is 3.09. The molecule has 0 bridgehead atoms. The Morgan fingerprint density at radius 2 is 2.24 bits per heavy atom. The van der Waals surface area contributed by atoms with Crippen LogP contribution < -0.4 is 5.32 Å². The zero-order chi connectivity index (χ0) is 11.7. The summed E-state index contributed by atoms with van der Waals surface area (Å²) in [6, 6.07) is 6.79. The second-order valence-electron chi connectivity index (χ2n) is 4.61. The van der Waals surface area contributed by atoms with Gasteiger partial charge < -0.3 is 9.73 Å². The van der Waals surface area contributed by atoms with Crippen LogP contribution in [0.3, 0.4) is 0 Å². The molecule has 0 spiro atoms. The van der Waals surface area contributed by atoms with Crippen LogP contribution in [0.5, 0.6) is 0 Å². The molecule has 3 nitrogen and oxygen atoms in total. The molecule has 1 aliphatic carbocycles. The minimum Gasteiger partial charge on any atom is -0.460 e. The Balaban J connectivity index is 1.77.